The zero-order valence-corrected chi connectivity index (χ0v) is 16.4. The van der Waals surface area contributed by atoms with E-state index in [9.17, 15) is 4.79 Å². The van der Waals surface area contributed by atoms with E-state index in [0.717, 1.165) is 16.9 Å². The lowest BCUT2D eigenvalue weighted by atomic mass is 10.2. The largest absolute Gasteiger partial charge is 0.479 e. The van der Waals surface area contributed by atoms with E-state index in [1.54, 1.807) is 24.4 Å². The second-order valence-corrected chi connectivity index (χ2v) is 7.10. The van der Waals surface area contributed by atoms with Crippen LogP contribution in [0.5, 0.6) is 5.75 Å². The maximum Gasteiger partial charge on any atom is 0.344 e. The molecule has 0 saturated heterocycles. The van der Waals surface area contributed by atoms with Crippen LogP contribution in [0.25, 0.3) is 0 Å². The lowest BCUT2D eigenvalue weighted by molar-refractivity contribution is -0.144. The van der Waals surface area contributed by atoms with Gasteiger partial charge in [0.1, 0.15) is 5.75 Å². The first-order valence-electron chi connectivity index (χ1n) is 7.68. The van der Waals surface area contributed by atoms with Gasteiger partial charge in [0.05, 0.1) is 10.7 Å². The van der Waals surface area contributed by atoms with Gasteiger partial charge in [-0.2, -0.15) is 5.10 Å². The summed E-state index contributed by atoms with van der Waals surface area (Å²) in [5, 5.41) is 17.2. The molecule has 0 saturated carbocycles. The van der Waals surface area contributed by atoms with Crippen molar-refractivity contribution in [2.45, 2.75) is 18.8 Å². The van der Waals surface area contributed by atoms with Crippen LogP contribution in [0, 0.1) is 0 Å². The van der Waals surface area contributed by atoms with Crippen LogP contribution in [-0.4, -0.2) is 28.6 Å². The molecule has 0 aromatic heterocycles. The van der Waals surface area contributed by atoms with Gasteiger partial charge in [0.25, 0.3) is 0 Å². The molecule has 0 heterocycles. The Labute approximate surface area is 164 Å². The maximum atomic E-state index is 10.8. The first kappa shape index (κ1) is 20.0. The first-order valence-corrected chi connectivity index (χ1v) is 9.46. The highest BCUT2D eigenvalue weighted by Gasteiger charge is 2.14. The predicted octanol–water partition coefficient (Wildman–Crippen LogP) is 3.88. The molecule has 136 valence electrons. The van der Waals surface area contributed by atoms with E-state index in [0.29, 0.717) is 15.4 Å². The van der Waals surface area contributed by atoms with Crippen LogP contribution >= 0.6 is 27.7 Å². The third-order valence-electron chi connectivity index (χ3n) is 3.20. The molecule has 6 nitrogen and oxygen atoms in total. The summed E-state index contributed by atoms with van der Waals surface area (Å²) in [5.41, 5.74) is 7.77. The number of halogens is 1. The van der Waals surface area contributed by atoms with Gasteiger partial charge in [0.15, 0.2) is 11.3 Å². The summed E-state index contributed by atoms with van der Waals surface area (Å²) in [6.07, 6.45) is 0.627. The van der Waals surface area contributed by atoms with Crippen LogP contribution in [0.1, 0.15) is 18.1 Å². The predicted molar refractivity (Wildman–Crippen MR) is 109 cm³/mol. The number of ether oxygens (including phenoxy) is 1. The number of carbonyl (C=O) groups is 1. The maximum absolute atomic E-state index is 10.8. The Morgan fingerprint density at radius 1 is 1.35 bits per heavy atom. The van der Waals surface area contributed by atoms with Crippen LogP contribution in [0.15, 0.2) is 63.2 Å². The number of aliphatic carboxylic acids is 1. The molecule has 8 heteroatoms. The Balaban J connectivity index is 1.92. The SMILES string of the molecule is CC(Oc1ccc(C=NN=C(N)SCc2ccccc2)cc1Br)C(=O)O. The van der Waals surface area contributed by atoms with E-state index in [2.05, 4.69) is 26.1 Å². The van der Waals surface area contributed by atoms with Crippen molar-refractivity contribution in [1.82, 2.24) is 0 Å². The fourth-order valence-electron chi connectivity index (χ4n) is 1.85. The van der Waals surface area contributed by atoms with E-state index in [4.69, 9.17) is 15.6 Å². The van der Waals surface area contributed by atoms with Crippen molar-refractivity contribution in [2.24, 2.45) is 15.9 Å². The minimum absolute atomic E-state index is 0.374. The van der Waals surface area contributed by atoms with Crippen molar-refractivity contribution in [3.8, 4) is 5.75 Å². The van der Waals surface area contributed by atoms with Gasteiger partial charge in [0.2, 0.25) is 0 Å². The molecule has 0 aliphatic carbocycles. The summed E-state index contributed by atoms with van der Waals surface area (Å²) < 4.78 is 5.97. The van der Waals surface area contributed by atoms with Gasteiger partial charge in [-0.25, -0.2) is 4.79 Å². The number of carboxylic acid groups (broad SMARTS) is 1. The average Bonchev–Trinajstić information content (AvgIpc) is 2.63. The molecular weight excluding hydrogens is 418 g/mol. The van der Waals surface area contributed by atoms with Gasteiger partial charge in [-0.15, -0.1) is 5.10 Å². The van der Waals surface area contributed by atoms with Crippen LogP contribution in [-0.2, 0) is 10.5 Å². The normalized spacial score (nSPS) is 12.9. The summed E-state index contributed by atoms with van der Waals surface area (Å²) in [7, 11) is 0. The molecule has 0 fully saturated rings. The van der Waals surface area contributed by atoms with Crippen LogP contribution in [0.2, 0.25) is 0 Å². The molecule has 0 radical (unpaired) electrons. The molecular formula is C18H18BrN3O3S. The number of nitrogens with two attached hydrogens (primary N) is 1. The zero-order chi connectivity index (χ0) is 18.9. The van der Waals surface area contributed by atoms with Crippen molar-refractivity contribution in [3.63, 3.8) is 0 Å². The second kappa shape index (κ2) is 9.98. The number of carboxylic acids is 1. The summed E-state index contributed by atoms with van der Waals surface area (Å²) in [5.74, 6) is 0.143. The van der Waals surface area contributed by atoms with E-state index in [1.807, 2.05) is 30.3 Å². The van der Waals surface area contributed by atoms with Gasteiger partial charge in [-0.1, -0.05) is 42.1 Å². The standard InChI is InChI=1S/C18H18BrN3O3S/c1-12(17(23)24)25-16-8-7-14(9-15(16)19)10-21-22-18(20)26-11-13-5-3-2-4-6-13/h2-10,12H,11H2,1H3,(H2,20,22)(H,23,24). The Morgan fingerprint density at radius 3 is 2.73 bits per heavy atom. The lowest BCUT2D eigenvalue weighted by Crippen LogP contribution is -2.23. The van der Waals surface area contributed by atoms with Crippen molar-refractivity contribution in [3.05, 3.63) is 64.1 Å². The summed E-state index contributed by atoms with van der Waals surface area (Å²) in [4.78, 5) is 10.8. The molecule has 0 amide bonds. The highest BCUT2D eigenvalue weighted by atomic mass is 79.9. The van der Waals surface area contributed by atoms with Crippen LogP contribution < -0.4 is 10.5 Å². The zero-order valence-electron chi connectivity index (χ0n) is 14.0. The smallest absolute Gasteiger partial charge is 0.344 e. The summed E-state index contributed by atoms with van der Waals surface area (Å²) in [6, 6.07) is 15.1. The highest BCUT2D eigenvalue weighted by Crippen LogP contribution is 2.26. The number of thioether (sulfide) groups is 1. The molecule has 1 atom stereocenters. The third kappa shape index (κ3) is 6.53. The molecule has 0 spiro atoms. The molecule has 2 rings (SSSR count). The Morgan fingerprint density at radius 2 is 2.08 bits per heavy atom. The van der Waals surface area contributed by atoms with Crippen molar-refractivity contribution < 1.29 is 14.6 Å². The molecule has 0 aliphatic rings. The monoisotopic (exact) mass is 435 g/mol. The number of amidine groups is 1. The lowest BCUT2D eigenvalue weighted by Gasteiger charge is -2.12. The van der Waals surface area contributed by atoms with Gasteiger partial charge in [0, 0.05) is 5.75 Å². The molecule has 0 aliphatic heterocycles. The molecule has 2 aromatic carbocycles. The number of nitrogens with zero attached hydrogens (tertiary/aromatic N) is 2. The topological polar surface area (TPSA) is 97.3 Å². The molecule has 3 N–H and O–H groups in total. The average molecular weight is 436 g/mol. The van der Waals surface area contributed by atoms with E-state index >= 15 is 0 Å². The third-order valence-corrected chi connectivity index (χ3v) is 4.67. The van der Waals surface area contributed by atoms with Gasteiger partial charge < -0.3 is 15.6 Å². The van der Waals surface area contributed by atoms with E-state index < -0.39 is 12.1 Å². The summed E-state index contributed by atoms with van der Waals surface area (Å²) in [6.45, 7) is 1.47. The first-order chi connectivity index (χ1) is 12.5. The fourth-order valence-corrected chi connectivity index (χ4v) is 2.95. The Bertz CT molecular complexity index is 813. The number of hydrogen-bond acceptors (Lipinski definition) is 5. The minimum Gasteiger partial charge on any atom is -0.479 e. The van der Waals surface area contributed by atoms with Crippen LogP contribution in [0.3, 0.4) is 0 Å². The molecule has 26 heavy (non-hydrogen) atoms. The quantitative estimate of drug-likeness (QED) is 0.390. The van der Waals surface area contributed by atoms with E-state index in [-0.39, 0.29) is 0 Å². The van der Waals surface area contributed by atoms with Gasteiger partial charge in [-0.05, 0) is 52.2 Å². The van der Waals surface area contributed by atoms with E-state index in [1.165, 1.54) is 18.7 Å². The fraction of sp³-hybridized carbons (Fsp3) is 0.167. The van der Waals surface area contributed by atoms with Gasteiger partial charge >= 0.3 is 5.97 Å². The molecule has 2 aromatic rings. The summed E-state index contributed by atoms with van der Waals surface area (Å²) >= 11 is 4.76. The van der Waals surface area contributed by atoms with Crippen molar-refractivity contribution in [1.29, 1.82) is 0 Å². The number of rotatable bonds is 7. The second-order valence-electron chi connectivity index (χ2n) is 5.25. The Hall–Kier alpha value is -2.32. The highest BCUT2D eigenvalue weighted by molar-refractivity contribution is 9.10. The minimum atomic E-state index is -1.03. The number of hydrogen-bond donors (Lipinski definition) is 2. The molecule has 0 bridgehead atoms. The van der Waals surface area contributed by atoms with Crippen LogP contribution in [0.4, 0.5) is 0 Å². The van der Waals surface area contributed by atoms with Crippen molar-refractivity contribution >= 4 is 45.0 Å². The molecule has 1 unspecified atom stereocenters. The Kier molecular flexibility index (Phi) is 7.68. The number of benzene rings is 2. The van der Waals surface area contributed by atoms with Gasteiger partial charge in [-0.3, -0.25) is 0 Å². The van der Waals surface area contributed by atoms with Crippen molar-refractivity contribution in [2.75, 3.05) is 0 Å².